The van der Waals surface area contributed by atoms with Gasteiger partial charge in [0.25, 0.3) is 0 Å². The van der Waals surface area contributed by atoms with Gasteiger partial charge in [-0.25, -0.2) is 0 Å². The van der Waals surface area contributed by atoms with Crippen LogP contribution >= 0.6 is 0 Å². The van der Waals surface area contributed by atoms with Gasteiger partial charge in [-0.2, -0.15) is 0 Å². The zero-order valence-electron chi connectivity index (χ0n) is 11.2. The molecule has 0 aliphatic heterocycles. The Hall–Kier alpha value is -1.35. The number of esters is 1. The van der Waals surface area contributed by atoms with E-state index in [1.54, 1.807) is 0 Å². The highest BCUT2D eigenvalue weighted by Gasteiger charge is 2.45. The summed E-state index contributed by atoms with van der Waals surface area (Å²) in [6.45, 7) is 5.37. The summed E-state index contributed by atoms with van der Waals surface area (Å²) in [5, 5.41) is 9.66. The van der Waals surface area contributed by atoms with Crippen LogP contribution in [0.3, 0.4) is 0 Å². The second-order valence-electron chi connectivity index (χ2n) is 6.06. The molecule has 1 N–H and O–H groups in total. The smallest absolute Gasteiger partial charge is 0.315 e. The summed E-state index contributed by atoms with van der Waals surface area (Å²) in [6, 6.07) is 7.94. The third-order valence-electron chi connectivity index (χ3n) is 3.31. The van der Waals surface area contributed by atoms with Crippen LogP contribution in [-0.2, 0) is 22.4 Å². The number of benzene rings is 1. The van der Waals surface area contributed by atoms with Crippen LogP contribution in [0.25, 0.3) is 0 Å². The molecule has 1 aromatic rings. The Morgan fingerprint density at radius 2 is 1.78 bits per heavy atom. The third kappa shape index (κ3) is 2.41. The fourth-order valence-electron chi connectivity index (χ4n) is 2.40. The summed E-state index contributed by atoms with van der Waals surface area (Å²) < 4.78 is 5.45. The van der Waals surface area contributed by atoms with Gasteiger partial charge in [0.05, 0.1) is 12.0 Å². The Balaban J connectivity index is 2.23. The number of ether oxygens (including phenoxy) is 1. The number of aliphatic hydroxyl groups excluding tert-OH is 1. The van der Waals surface area contributed by atoms with Crippen molar-refractivity contribution < 1.29 is 14.6 Å². The van der Waals surface area contributed by atoms with Crippen molar-refractivity contribution in [2.45, 2.75) is 39.2 Å². The SMILES string of the molecule is CC(C)(C)OC(=O)C1(CO)Cc2ccccc2C1. The van der Waals surface area contributed by atoms with Gasteiger partial charge in [0.15, 0.2) is 0 Å². The monoisotopic (exact) mass is 248 g/mol. The standard InChI is InChI=1S/C15H20O3/c1-14(2,3)18-13(17)15(10-16)8-11-6-4-5-7-12(11)9-15/h4-7,16H,8-10H2,1-3H3. The summed E-state index contributed by atoms with van der Waals surface area (Å²) in [5.74, 6) is -0.297. The zero-order valence-corrected chi connectivity index (χ0v) is 11.2. The van der Waals surface area contributed by atoms with E-state index >= 15 is 0 Å². The Morgan fingerprint density at radius 3 is 2.17 bits per heavy atom. The van der Waals surface area contributed by atoms with Crippen molar-refractivity contribution in [2.24, 2.45) is 5.41 Å². The Morgan fingerprint density at radius 1 is 1.28 bits per heavy atom. The van der Waals surface area contributed by atoms with Gasteiger partial charge in [-0.1, -0.05) is 24.3 Å². The van der Waals surface area contributed by atoms with Crippen LogP contribution in [0.1, 0.15) is 31.9 Å². The van der Waals surface area contributed by atoms with Crippen LogP contribution in [0, 0.1) is 5.41 Å². The topological polar surface area (TPSA) is 46.5 Å². The first-order valence-electron chi connectivity index (χ1n) is 6.27. The van der Waals surface area contributed by atoms with Crippen LogP contribution < -0.4 is 0 Å². The molecule has 0 fully saturated rings. The highest BCUT2D eigenvalue weighted by Crippen LogP contribution is 2.38. The first-order valence-corrected chi connectivity index (χ1v) is 6.27. The van der Waals surface area contributed by atoms with Crippen LogP contribution in [0.5, 0.6) is 0 Å². The quantitative estimate of drug-likeness (QED) is 0.815. The second kappa shape index (κ2) is 4.39. The van der Waals surface area contributed by atoms with Crippen molar-refractivity contribution in [1.29, 1.82) is 0 Å². The summed E-state index contributed by atoms with van der Waals surface area (Å²) in [5.41, 5.74) is 0.958. The normalized spacial score (nSPS) is 17.3. The third-order valence-corrected chi connectivity index (χ3v) is 3.31. The zero-order chi connectivity index (χ0) is 13.4. The van der Waals surface area contributed by atoms with Crippen molar-refractivity contribution >= 4 is 5.97 Å². The molecule has 0 saturated carbocycles. The molecule has 98 valence electrons. The molecule has 1 aromatic carbocycles. The van der Waals surface area contributed by atoms with Crippen molar-refractivity contribution in [1.82, 2.24) is 0 Å². The molecule has 3 heteroatoms. The lowest BCUT2D eigenvalue weighted by molar-refractivity contribution is -0.169. The molecule has 1 aliphatic carbocycles. The Bertz CT molecular complexity index is 432. The molecule has 0 heterocycles. The maximum atomic E-state index is 12.3. The van der Waals surface area contributed by atoms with E-state index in [1.165, 1.54) is 0 Å². The molecule has 0 atom stereocenters. The van der Waals surface area contributed by atoms with Gasteiger partial charge in [0, 0.05) is 0 Å². The molecular formula is C15H20O3. The first-order chi connectivity index (χ1) is 8.36. The van der Waals surface area contributed by atoms with Gasteiger partial charge in [-0.15, -0.1) is 0 Å². The van der Waals surface area contributed by atoms with Crippen molar-refractivity contribution in [3.05, 3.63) is 35.4 Å². The molecule has 3 nitrogen and oxygen atoms in total. The number of hydrogen-bond acceptors (Lipinski definition) is 3. The van der Waals surface area contributed by atoms with E-state index in [1.807, 2.05) is 45.0 Å². The Kier molecular flexibility index (Phi) is 3.20. The fraction of sp³-hybridized carbons (Fsp3) is 0.533. The molecule has 0 bridgehead atoms. The van der Waals surface area contributed by atoms with E-state index in [-0.39, 0.29) is 12.6 Å². The molecule has 0 radical (unpaired) electrons. The average Bonchev–Trinajstić information content (AvgIpc) is 2.66. The van der Waals surface area contributed by atoms with Gasteiger partial charge in [0.1, 0.15) is 5.60 Å². The summed E-state index contributed by atoms with van der Waals surface area (Å²) >= 11 is 0. The van der Waals surface area contributed by atoms with E-state index < -0.39 is 11.0 Å². The lowest BCUT2D eigenvalue weighted by atomic mass is 9.85. The summed E-state index contributed by atoms with van der Waals surface area (Å²) in [4.78, 5) is 12.3. The van der Waals surface area contributed by atoms with Gasteiger partial charge >= 0.3 is 5.97 Å². The van der Waals surface area contributed by atoms with Gasteiger partial charge < -0.3 is 9.84 Å². The molecule has 18 heavy (non-hydrogen) atoms. The van der Waals surface area contributed by atoms with E-state index in [9.17, 15) is 9.90 Å². The molecule has 1 aliphatic rings. The molecule has 0 aromatic heterocycles. The second-order valence-corrected chi connectivity index (χ2v) is 6.06. The highest BCUT2D eigenvalue weighted by atomic mass is 16.6. The van der Waals surface area contributed by atoms with E-state index in [0.29, 0.717) is 12.8 Å². The van der Waals surface area contributed by atoms with Gasteiger partial charge in [-0.3, -0.25) is 4.79 Å². The number of aliphatic hydroxyl groups is 1. The maximum absolute atomic E-state index is 12.3. The van der Waals surface area contributed by atoms with Gasteiger partial charge in [0.2, 0.25) is 0 Å². The van der Waals surface area contributed by atoms with Crippen molar-refractivity contribution in [3.63, 3.8) is 0 Å². The van der Waals surface area contributed by atoms with Crippen LogP contribution in [0.2, 0.25) is 0 Å². The number of hydrogen-bond donors (Lipinski definition) is 1. The number of carbonyl (C=O) groups excluding carboxylic acids is 1. The van der Waals surface area contributed by atoms with E-state index in [4.69, 9.17) is 4.74 Å². The van der Waals surface area contributed by atoms with Gasteiger partial charge in [-0.05, 0) is 44.7 Å². The summed E-state index contributed by atoms with van der Waals surface area (Å²) in [7, 11) is 0. The minimum atomic E-state index is -0.795. The molecule has 0 unspecified atom stereocenters. The lowest BCUT2D eigenvalue weighted by Crippen LogP contribution is -2.41. The van der Waals surface area contributed by atoms with Crippen LogP contribution in [0.15, 0.2) is 24.3 Å². The van der Waals surface area contributed by atoms with Crippen LogP contribution in [0.4, 0.5) is 0 Å². The molecule has 2 rings (SSSR count). The summed E-state index contributed by atoms with van der Waals surface area (Å²) in [6.07, 6.45) is 1.13. The first kappa shape index (κ1) is 13.1. The predicted octanol–water partition coefficient (Wildman–Crippen LogP) is 2.11. The highest BCUT2D eigenvalue weighted by molar-refractivity contribution is 5.79. The number of fused-ring (bicyclic) bond motifs is 1. The Labute approximate surface area is 108 Å². The number of carbonyl (C=O) groups is 1. The van der Waals surface area contributed by atoms with E-state index in [0.717, 1.165) is 11.1 Å². The maximum Gasteiger partial charge on any atom is 0.315 e. The van der Waals surface area contributed by atoms with E-state index in [2.05, 4.69) is 0 Å². The molecule has 0 spiro atoms. The molecule has 0 amide bonds. The average molecular weight is 248 g/mol. The number of rotatable bonds is 2. The van der Waals surface area contributed by atoms with Crippen molar-refractivity contribution in [3.8, 4) is 0 Å². The van der Waals surface area contributed by atoms with Crippen molar-refractivity contribution in [2.75, 3.05) is 6.61 Å². The van der Waals surface area contributed by atoms with Crippen LogP contribution in [-0.4, -0.2) is 23.3 Å². The lowest BCUT2D eigenvalue weighted by Gasteiger charge is -2.29. The fourth-order valence-corrected chi connectivity index (χ4v) is 2.40. The molecule has 0 saturated heterocycles. The minimum Gasteiger partial charge on any atom is -0.459 e. The minimum absolute atomic E-state index is 0.170. The predicted molar refractivity (Wildman–Crippen MR) is 69.2 cm³/mol. The molecular weight excluding hydrogens is 228 g/mol. The largest absolute Gasteiger partial charge is 0.459 e.